The van der Waals surface area contributed by atoms with Crippen molar-refractivity contribution in [1.29, 1.82) is 0 Å². The number of hydrogen-bond acceptors (Lipinski definition) is 6. The Balaban J connectivity index is -0.000000162. The van der Waals surface area contributed by atoms with E-state index in [1.165, 1.54) is 116 Å². The fourth-order valence-electron chi connectivity index (χ4n) is 2.19. The average molecular weight is 450 g/mol. The van der Waals surface area contributed by atoms with Crippen molar-refractivity contribution in [3.63, 3.8) is 0 Å². The van der Waals surface area contributed by atoms with Crippen LogP contribution in [0.1, 0.15) is 119 Å². The van der Waals surface area contributed by atoms with E-state index in [-0.39, 0.29) is 0 Å². The van der Waals surface area contributed by atoms with E-state index in [4.69, 9.17) is 15.1 Å². The SMILES string of the molecule is CCCCNCCCC.CCCCNCCCC.CCCCNCCCC.OB(O)O. The second kappa shape index (κ2) is 43.7. The summed E-state index contributed by atoms with van der Waals surface area (Å²) in [5.41, 5.74) is 0. The highest BCUT2D eigenvalue weighted by atomic mass is 16.5. The molecule has 0 spiro atoms. The molecule has 192 valence electrons. The summed E-state index contributed by atoms with van der Waals surface area (Å²) in [6, 6.07) is 0. The predicted octanol–water partition coefficient (Wildman–Crippen LogP) is 4.48. The lowest BCUT2D eigenvalue weighted by Gasteiger charge is -1.99. The van der Waals surface area contributed by atoms with Crippen molar-refractivity contribution in [2.45, 2.75) is 119 Å². The van der Waals surface area contributed by atoms with E-state index in [9.17, 15) is 0 Å². The normalized spacial score (nSPS) is 9.58. The number of unbranched alkanes of at least 4 members (excludes halogenated alkanes) is 6. The van der Waals surface area contributed by atoms with E-state index >= 15 is 0 Å². The first kappa shape index (κ1) is 38.1. The minimum Gasteiger partial charge on any atom is -0.402 e. The van der Waals surface area contributed by atoms with Gasteiger partial charge < -0.3 is 31.0 Å². The maximum absolute atomic E-state index is 7.17. The van der Waals surface area contributed by atoms with Crippen LogP contribution in [-0.4, -0.2) is 61.7 Å². The van der Waals surface area contributed by atoms with E-state index in [2.05, 4.69) is 57.5 Å². The zero-order chi connectivity index (χ0) is 24.4. The third-order valence-electron chi connectivity index (χ3n) is 4.24. The molecular weight excluding hydrogens is 389 g/mol. The average Bonchev–Trinajstić information content (AvgIpc) is 2.74. The van der Waals surface area contributed by atoms with Gasteiger partial charge in [0, 0.05) is 0 Å². The summed E-state index contributed by atoms with van der Waals surface area (Å²) in [7, 11) is -2.17. The molecule has 0 radical (unpaired) electrons. The summed E-state index contributed by atoms with van der Waals surface area (Å²) in [6.45, 7) is 20.6. The third-order valence-corrected chi connectivity index (χ3v) is 4.24. The Bertz CT molecular complexity index is 198. The van der Waals surface area contributed by atoms with Crippen molar-refractivity contribution < 1.29 is 15.1 Å². The van der Waals surface area contributed by atoms with Gasteiger partial charge in [-0.1, -0.05) is 80.1 Å². The van der Waals surface area contributed by atoms with Gasteiger partial charge in [0.15, 0.2) is 0 Å². The first-order chi connectivity index (χ1) is 15.0. The minimum absolute atomic E-state index is 1.20. The Hall–Kier alpha value is -0.175. The van der Waals surface area contributed by atoms with Crippen LogP contribution in [0.3, 0.4) is 0 Å². The van der Waals surface area contributed by atoms with E-state index in [1.54, 1.807) is 0 Å². The smallest absolute Gasteiger partial charge is 0.402 e. The number of hydrogen-bond donors (Lipinski definition) is 6. The first-order valence-corrected chi connectivity index (χ1v) is 13.1. The van der Waals surface area contributed by atoms with Crippen LogP contribution in [0.2, 0.25) is 0 Å². The highest BCUT2D eigenvalue weighted by molar-refractivity contribution is 6.30. The molecule has 0 unspecified atom stereocenters. The van der Waals surface area contributed by atoms with Gasteiger partial charge in [0.1, 0.15) is 0 Å². The van der Waals surface area contributed by atoms with Crippen LogP contribution < -0.4 is 16.0 Å². The molecule has 0 aliphatic rings. The summed E-state index contributed by atoms with van der Waals surface area (Å²) < 4.78 is 0. The lowest BCUT2D eigenvalue weighted by molar-refractivity contribution is 0.278. The van der Waals surface area contributed by atoms with Gasteiger partial charge in [0.25, 0.3) is 0 Å². The Morgan fingerprint density at radius 1 is 0.387 bits per heavy atom. The fourth-order valence-corrected chi connectivity index (χ4v) is 2.19. The largest absolute Gasteiger partial charge is 0.631 e. The van der Waals surface area contributed by atoms with Crippen LogP contribution in [0.25, 0.3) is 0 Å². The predicted molar refractivity (Wildman–Crippen MR) is 140 cm³/mol. The van der Waals surface area contributed by atoms with Gasteiger partial charge in [-0.15, -0.1) is 0 Å². The van der Waals surface area contributed by atoms with Crippen LogP contribution in [-0.2, 0) is 0 Å². The molecule has 0 aliphatic heterocycles. The highest BCUT2D eigenvalue weighted by Gasteiger charge is 1.92. The third kappa shape index (κ3) is 72.7. The van der Waals surface area contributed by atoms with Gasteiger partial charge in [-0.2, -0.15) is 0 Å². The van der Waals surface area contributed by atoms with Gasteiger partial charge in [0.2, 0.25) is 0 Å². The molecule has 0 saturated heterocycles. The zero-order valence-corrected chi connectivity index (χ0v) is 22.1. The van der Waals surface area contributed by atoms with Crippen LogP contribution in [0, 0.1) is 0 Å². The maximum atomic E-state index is 7.17. The van der Waals surface area contributed by atoms with Gasteiger partial charge in [-0.25, -0.2) is 0 Å². The van der Waals surface area contributed by atoms with Crippen molar-refractivity contribution in [2.24, 2.45) is 0 Å². The molecule has 0 aromatic rings. The van der Waals surface area contributed by atoms with Crippen LogP contribution in [0.5, 0.6) is 0 Å². The summed E-state index contributed by atoms with van der Waals surface area (Å²) >= 11 is 0. The second-order valence-corrected chi connectivity index (χ2v) is 7.72. The summed E-state index contributed by atoms with van der Waals surface area (Å²) in [6.07, 6.45) is 15.8. The highest BCUT2D eigenvalue weighted by Crippen LogP contribution is 1.86. The number of rotatable bonds is 18. The molecule has 0 saturated carbocycles. The molecule has 0 amide bonds. The molecule has 0 heterocycles. The Labute approximate surface area is 196 Å². The van der Waals surface area contributed by atoms with Gasteiger partial charge in [-0.3, -0.25) is 0 Å². The minimum atomic E-state index is -2.17. The molecule has 31 heavy (non-hydrogen) atoms. The molecule has 0 atom stereocenters. The van der Waals surface area contributed by atoms with Crippen molar-refractivity contribution in [3.8, 4) is 0 Å². The van der Waals surface area contributed by atoms with E-state index in [0.717, 1.165) is 0 Å². The molecule has 0 aromatic carbocycles. The van der Waals surface area contributed by atoms with Crippen molar-refractivity contribution in [2.75, 3.05) is 39.3 Å². The lowest BCUT2D eigenvalue weighted by Crippen LogP contribution is -2.15. The summed E-state index contributed by atoms with van der Waals surface area (Å²) in [5.74, 6) is 0. The molecule has 6 N–H and O–H groups in total. The van der Waals surface area contributed by atoms with Crippen molar-refractivity contribution in [1.82, 2.24) is 16.0 Å². The van der Waals surface area contributed by atoms with Crippen molar-refractivity contribution >= 4 is 7.32 Å². The first-order valence-electron chi connectivity index (χ1n) is 13.1. The fraction of sp³-hybridized carbons (Fsp3) is 1.00. The van der Waals surface area contributed by atoms with E-state index in [0.29, 0.717) is 0 Å². The summed E-state index contributed by atoms with van der Waals surface area (Å²) in [4.78, 5) is 0. The maximum Gasteiger partial charge on any atom is 0.631 e. The molecule has 6 nitrogen and oxygen atoms in total. The second-order valence-electron chi connectivity index (χ2n) is 7.72. The Kier molecular flexibility index (Phi) is 53.7. The Morgan fingerprint density at radius 3 is 0.613 bits per heavy atom. The Morgan fingerprint density at radius 2 is 0.516 bits per heavy atom. The van der Waals surface area contributed by atoms with E-state index in [1.807, 2.05) is 0 Å². The monoisotopic (exact) mass is 449 g/mol. The molecule has 0 aromatic heterocycles. The standard InChI is InChI=1S/3C8H19N.BH3O3/c3*1-3-5-7-9-8-6-4-2;2-1(3)4/h3*9H,3-8H2,1-2H3;2-4H. The number of nitrogens with one attached hydrogen (secondary N) is 3. The summed E-state index contributed by atoms with van der Waals surface area (Å²) in [5, 5.41) is 31.7. The van der Waals surface area contributed by atoms with E-state index < -0.39 is 7.32 Å². The van der Waals surface area contributed by atoms with Crippen LogP contribution in [0.4, 0.5) is 0 Å². The molecule has 7 heteroatoms. The zero-order valence-electron chi connectivity index (χ0n) is 22.1. The van der Waals surface area contributed by atoms with Gasteiger partial charge in [0.05, 0.1) is 0 Å². The van der Waals surface area contributed by atoms with Crippen molar-refractivity contribution in [3.05, 3.63) is 0 Å². The molecule has 0 rings (SSSR count). The lowest BCUT2D eigenvalue weighted by atomic mass is 10.3. The topological polar surface area (TPSA) is 96.8 Å². The van der Waals surface area contributed by atoms with Crippen LogP contribution in [0.15, 0.2) is 0 Å². The van der Waals surface area contributed by atoms with Gasteiger partial charge >= 0.3 is 7.32 Å². The quantitative estimate of drug-likeness (QED) is 0.136. The molecule has 0 aliphatic carbocycles. The van der Waals surface area contributed by atoms with Crippen LogP contribution >= 0.6 is 0 Å². The molecular formula is C24H60BN3O3. The molecule has 0 bridgehead atoms. The molecule has 0 fully saturated rings. The van der Waals surface area contributed by atoms with Gasteiger partial charge in [-0.05, 0) is 77.8 Å².